The molecule has 0 aromatic heterocycles. The molecule has 1 fully saturated rings. The number of nitrogens with zero attached hydrogens (tertiary/aromatic N) is 1. The summed E-state index contributed by atoms with van der Waals surface area (Å²) in [7, 11) is 1.59. The highest BCUT2D eigenvalue weighted by Gasteiger charge is 2.54. The number of β-lactam (4-membered cyclic amide) rings is 1. The van der Waals surface area contributed by atoms with Crippen LogP contribution in [0.2, 0.25) is 0 Å². The second-order valence-corrected chi connectivity index (χ2v) is 10.3. The summed E-state index contributed by atoms with van der Waals surface area (Å²) in [5, 5.41) is 12.0. The second kappa shape index (κ2) is 10.7. The summed E-state index contributed by atoms with van der Waals surface area (Å²) in [5.41, 5.74) is 1.92. The normalized spacial score (nSPS) is 23.9. The first kappa shape index (κ1) is 24.4. The number of rotatable bonds is 8. The van der Waals surface area contributed by atoms with Gasteiger partial charge < -0.3 is 15.2 Å². The minimum absolute atomic E-state index is 0.0737. The molecule has 10 heteroatoms. The number of amides is 2. The largest absolute Gasteiger partial charge is 0.501 e. The Morgan fingerprint density at radius 1 is 1.26 bits per heavy atom. The van der Waals surface area contributed by atoms with Crippen LogP contribution in [0.3, 0.4) is 0 Å². The van der Waals surface area contributed by atoms with E-state index in [9.17, 15) is 24.3 Å². The molecule has 0 saturated carbocycles. The van der Waals surface area contributed by atoms with Crippen LogP contribution in [0.15, 0.2) is 58.6 Å². The number of methoxy groups -OCH3 is 1. The van der Waals surface area contributed by atoms with Crippen molar-refractivity contribution in [2.24, 2.45) is 0 Å². The zero-order valence-corrected chi connectivity index (χ0v) is 20.4. The number of hydrogen-bond donors (Lipinski definition) is 2. The minimum Gasteiger partial charge on any atom is -0.501 e. The standard InChI is InChI=1S/C24H26N2O6S2/c1-32-17-9-5-6-14(10-17)11-18(27)25-19-21(28)26-20(23(29)30)16(12-33-22(19)26)13-34-24(31)15-7-3-2-4-8-15/h3,6-8,10,19,22H,2,4-5,9,11-13H2,1H3,(H,25,27)(H,29,30)/t19-,22-/m1/s1. The second-order valence-electron chi connectivity index (χ2n) is 8.24. The van der Waals surface area contributed by atoms with Crippen LogP contribution < -0.4 is 5.32 Å². The molecular weight excluding hydrogens is 476 g/mol. The van der Waals surface area contributed by atoms with Crippen molar-refractivity contribution in [1.82, 2.24) is 10.2 Å². The van der Waals surface area contributed by atoms with Gasteiger partial charge in [-0.2, -0.15) is 0 Å². The summed E-state index contributed by atoms with van der Waals surface area (Å²) in [6, 6.07) is -0.768. The van der Waals surface area contributed by atoms with Gasteiger partial charge in [-0.3, -0.25) is 19.3 Å². The number of fused-ring (bicyclic) bond motifs is 1. The average Bonchev–Trinajstić information content (AvgIpc) is 2.85. The van der Waals surface area contributed by atoms with Crippen LogP contribution in [0.4, 0.5) is 0 Å². The predicted molar refractivity (Wildman–Crippen MR) is 131 cm³/mol. The van der Waals surface area contributed by atoms with Crippen LogP contribution in [-0.4, -0.2) is 62.9 Å². The lowest BCUT2D eigenvalue weighted by Crippen LogP contribution is -2.70. The van der Waals surface area contributed by atoms with E-state index in [0.29, 0.717) is 16.9 Å². The van der Waals surface area contributed by atoms with Crippen LogP contribution >= 0.6 is 23.5 Å². The molecule has 2 atom stereocenters. The third-order valence-electron chi connectivity index (χ3n) is 5.95. The maximum absolute atomic E-state index is 12.8. The van der Waals surface area contributed by atoms with Crippen molar-refractivity contribution in [3.63, 3.8) is 0 Å². The van der Waals surface area contributed by atoms with Crippen molar-refractivity contribution in [3.8, 4) is 0 Å². The molecule has 0 unspecified atom stereocenters. The molecule has 2 aliphatic heterocycles. The molecule has 0 spiro atoms. The zero-order valence-electron chi connectivity index (χ0n) is 18.7. The van der Waals surface area contributed by atoms with Gasteiger partial charge in [-0.1, -0.05) is 36.1 Å². The lowest BCUT2D eigenvalue weighted by atomic mass is 10.0. The van der Waals surface area contributed by atoms with E-state index in [1.807, 2.05) is 24.3 Å². The number of aliphatic carboxylic acids is 1. The van der Waals surface area contributed by atoms with Gasteiger partial charge in [0, 0.05) is 23.5 Å². The summed E-state index contributed by atoms with van der Waals surface area (Å²) in [5.74, 6) is -0.541. The maximum atomic E-state index is 12.8. The van der Waals surface area contributed by atoms with Gasteiger partial charge in [0.15, 0.2) is 0 Å². The number of ether oxygens (including phenoxy) is 1. The number of carboxylic acid groups (broad SMARTS) is 1. The zero-order chi connectivity index (χ0) is 24.2. The van der Waals surface area contributed by atoms with Crippen LogP contribution in [0, 0.1) is 0 Å². The van der Waals surface area contributed by atoms with E-state index in [4.69, 9.17) is 4.74 Å². The predicted octanol–water partition coefficient (Wildman–Crippen LogP) is 2.90. The van der Waals surface area contributed by atoms with Crippen molar-refractivity contribution >= 4 is 46.4 Å². The highest BCUT2D eigenvalue weighted by Crippen LogP contribution is 2.41. The Labute approximate surface area is 206 Å². The molecule has 0 aromatic rings. The van der Waals surface area contributed by atoms with E-state index in [1.54, 1.807) is 13.2 Å². The summed E-state index contributed by atoms with van der Waals surface area (Å²) < 4.78 is 5.25. The first-order chi connectivity index (χ1) is 16.4. The molecule has 0 aromatic carbocycles. The monoisotopic (exact) mass is 502 g/mol. The number of hydrogen-bond acceptors (Lipinski definition) is 7. The Hall–Kier alpha value is -2.72. The molecule has 2 amide bonds. The van der Waals surface area contributed by atoms with Gasteiger partial charge in [-0.05, 0) is 36.5 Å². The Bertz CT molecular complexity index is 1070. The van der Waals surface area contributed by atoms with Crippen molar-refractivity contribution in [1.29, 1.82) is 0 Å². The van der Waals surface area contributed by atoms with Gasteiger partial charge >= 0.3 is 5.97 Å². The van der Waals surface area contributed by atoms with Crippen LogP contribution in [0.25, 0.3) is 0 Å². The number of carbonyl (C=O) groups is 4. The molecule has 180 valence electrons. The summed E-state index contributed by atoms with van der Waals surface area (Å²) in [6.45, 7) is 0. The number of thioether (sulfide) groups is 2. The molecule has 4 rings (SSSR count). The van der Waals surface area contributed by atoms with Crippen molar-refractivity contribution in [2.75, 3.05) is 18.6 Å². The van der Waals surface area contributed by atoms with Gasteiger partial charge in [-0.15, -0.1) is 11.8 Å². The molecule has 2 aliphatic carbocycles. The van der Waals surface area contributed by atoms with E-state index >= 15 is 0 Å². The third-order valence-corrected chi connectivity index (χ3v) is 8.28. The Morgan fingerprint density at radius 2 is 2.09 bits per heavy atom. The number of nitrogens with one attached hydrogen (secondary N) is 1. The van der Waals surface area contributed by atoms with Crippen LogP contribution in [-0.2, 0) is 23.9 Å². The SMILES string of the molecule is COC1=CC(CC(=O)N[C@@H]2C(=O)N3C(C(=O)O)=C(CSC(=O)C4=CCCC=C4)CS[C@H]23)=CCC1. The van der Waals surface area contributed by atoms with Crippen LogP contribution in [0.1, 0.15) is 32.1 Å². The number of carbonyl (C=O) groups excluding carboxylic acids is 3. The van der Waals surface area contributed by atoms with Crippen molar-refractivity contribution < 1.29 is 29.0 Å². The summed E-state index contributed by atoms with van der Waals surface area (Å²) in [6.07, 6.45) is 12.9. The molecule has 1 saturated heterocycles. The van der Waals surface area contributed by atoms with E-state index in [-0.39, 0.29) is 28.9 Å². The highest BCUT2D eigenvalue weighted by molar-refractivity contribution is 8.14. The number of allylic oxidation sites excluding steroid dienone is 6. The average molecular weight is 503 g/mol. The Kier molecular flexibility index (Phi) is 7.67. The van der Waals surface area contributed by atoms with E-state index < -0.39 is 23.3 Å². The first-order valence-electron chi connectivity index (χ1n) is 11.1. The fourth-order valence-electron chi connectivity index (χ4n) is 4.23. The highest BCUT2D eigenvalue weighted by atomic mass is 32.2. The lowest BCUT2D eigenvalue weighted by molar-refractivity contribution is -0.150. The molecule has 0 bridgehead atoms. The maximum Gasteiger partial charge on any atom is 0.352 e. The smallest absolute Gasteiger partial charge is 0.352 e. The van der Waals surface area contributed by atoms with E-state index in [2.05, 4.69) is 5.32 Å². The molecule has 2 N–H and O–H groups in total. The minimum atomic E-state index is -1.20. The van der Waals surface area contributed by atoms with Gasteiger partial charge in [0.05, 0.1) is 19.3 Å². The third kappa shape index (κ3) is 5.17. The van der Waals surface area contributed by atoms with Gasteiger partial charge in [0.1, 0.15) is 17.1 Å². The molecule has 4 aliphatic rings. The molecular formula is C24H26N2O6S2. The molecule has 0 radical (unpaired) electrons. The molecule has 8 nitrogen and oxygen atoms in total. The quantitative estimate of drug-likeness (QED) is 0.487. The van der Waals surface area contributed by atoms with Crippen LogP contribution in [0.5, 0.6) is 0 Å². The lowest BCUT2D eigenvalue weighted by Gasteiger charge is -2.49. The molecule has 34 heavy (non-hydrogen) atoms. The van der Waals surface area contributed by atoms with Crippen molar-refractivity contribution in [3.05, 3.63) is 58.6 Å². The Balaban J connectivity index is 1.38. The summed E-state index contributed by atoms with van der Waals surface area (Å²) in [4.78, 5) is 51.1. The van der Waals surface area contributed by atoms with Crippen molar-refractivity contribution in [2.45, 2.75) is 43.5 Å². The fraction of sp³-hybridized carbons (Fsp3) is 0.417. The number of carboxylic acids is 1. The topological polar surface area (TPSA) is 113 Å². The first-order valence-corrected chi connectivity index (χ1v) is 13.1. The molecule has 2 heterocycles. The fourth-order valence-corrected chi connectivity index (χ4v) is 6.56. The van der Waals surface area contributed by atoms with Gasteiger partial charge in [-0.25, -0.2) is 4.79 Å². The van der Waals surface area contributed by atoms with E-state index in [0.717, 1.165) is 48.8 Å². The van der Waals surface area contributed by atoms with Gasteiger partial charge in [0.25, 0.3) is 5.91 Å². The Morgan fingerprint density at radius 3 is 2.79 bits per heavy atom. The van der Waals surface area contributed by atoms with E-state index in [1.165, 1.54) is 16.7 Å². The van der Waals surface area contributed by atoms with Gasteiger partial charge in [0.2, 0.25) is 11.0 Å². The summed E-state index contributed by atoms with van der Waals surface area (Å²) >= 11 is 2.45.